The molecule has 0 aliphatic carbocycles. The maximum Gasteiger partial charge on any atom is 0.303 e. The lowest BCUT2D eigenvalue weighted by atomic mass is 10.0. The van der Waals surface area contributed by atoms with Crippen LogP contribution in [-0.4, -0.2) is 11.1 Å². The second-order valence-electron chi connectivity index (χ2n) is 6.41. The third-order valence-corrected chi connectivity index (χ3v) is 4.99. The number of benzene rings is 1. The van der Waals surface area contributed by atoms with Crippen LogP contribution in [0.4, 0.5) is 0 Å². The molecule has 0 saturated carbocycles. The first-order chi connectivity index (χ1) is 11.2. The lowest BCUT2D eigenvalue weighted by Crippen LogP contribution is -1.93. The van der Waals surface area contributed by atoms with Crippen molar-refractivity contribution in [2.75, 3.05) is 0 Å². The van der Waals surface area contributed by atoms with Gasteiger partial charge < -0.3 is 5.11 Å². The quantitative estimate of drug-likeness (QED) is 0.267. The molecule has 130 valence electrons. The van der Waals surface area contributed by atoms with Crippen LogP contribution in [0.2, 0.25) is 0 Å². The van der Waals surface area contributed by atoms with Crippen molar-refractivity contribution >= 4 is 28.6 Å². The second-order valence-corrected chi connectivity index (χ2v) is 7.65. The number of aliphatic carboxylic acids is 1. The van der Waals surface area contributed by atoms with Crippen LogP contribution in [0.5, 0.6) is 0 Å². The van der Waals surface area contributed by atoms with E-state index >= 15 is 0 Å². The number of unbranched alkanes of at least 4 members (excludes halogenated alkanes) is 10. The summed E-state index contributed by atoms with van der Waals surface area (Å²) >= 11 is 2.35. The van der Waals surface area contributed by atoms with Gasteiger partial charge in [0.25, 0.3) is 0 Å². The Morgan fingerprint density at radius 3 is 1.65 bits per heavy atom. The minimum absolute atomic E-state index is 0.336. The number of carbonyl (C=O) groups is 1. The van der Waals surface area contributed by atoms with E-state index in [1.165, 1.54) is 73.3 Å². The number of hydrogen-bond donors (Lipinski definition) is 1. The van der Waals surface area contributed by atoms with Gasteiger partial charge in [-0.05, 0) is 59.5 Å². The molecule has 2 nitrogen and oxygen atoms in total. The van der Waals surface area contributed by atoms with Gasteiger partial charge in [0, 0.05) is 9.99 Å². The molecule has 0 heterocycles. The summed E-state index contributed by atoms with van der Waals surface area (Å²) in [5.41, 5.74) is 1.47. The van der Waals surface area contributed by atoms with Crippen molar-refractivity contribution in [2.45, 2.75) is 83.5 Å². The Labute approximate surface area is 155 Å². The maximum atomic E-state index is 10.4. The Morgan fingerprint density at radius 2 is 1.17 bits per heavy atom. The summed E-state index contributed by atoms with van der Waals surface area (Å²) < 4.78 is 1.31. The van der Waals surface area contributed by atoms with Crippen molar-refractivity contribution in [3.05, 3.63) is 33.4 Å². The van der Waals surface area contributed by atoms with Gasteiger partial charge in [-0.25, -0.2) is 0 Å². The molecule has 0 atom stereocenters. The molecule has 0 unspecified atom stereocenters. The van der Waals surface area contributed by atoms with Gasteiger partial charge in [0.1, 0.15) is 0 Å². The second kappa shape index (κ2) is 13.8. The van der Waals surface area contributed by atoms with Crippen LogP contribution < -0.4 is 0 Å². The summed E-state index contributed by atoms with van der Waals surface area (Å²) in [7, 11) is 0. The first-order valence-corrected chi connectivity index (χ1v) is 10.2. The van der Waals surface area contributed by atoms with Crippen LogP contribution in [0.1, 0.15) is 82.6 Å². The highest BCUT2D eigenvalue weighted by atomic mass is 127. The Kier molecular flexibility index (Phi) is 12.3. The summed E-state index contributed by atoms with van der Waals surface area (Å²) in [6.45, 7) is 0. The third kappa shape index (κ3) is 12.5. The molecule has 0 amide bonds. The van der Waals surface area contributed by atoms with E-state index in [4.69, 9.17) is 5.11 Å². The van der Waals surface area contributed by atoms with E-state index in [-0.39, 0.29) is 0 Å². The van der Waals surface area contributed by atoms with Crippen LogP contribution in [-0.2, 0) is 11.2 Å². The lowest BCUT2D eigenvalue weighted by molar-refractivity contribution is -0.137. The Balaban J connectivity index is 1.79. The number of rotatable bonds is 14. The van der Waals surface area contributed by atoms with Crippen molar-refractivity contribution in [3.8, 4) is 0 Å². The molecule has 0 fully saturated rings. The molecule has 0 radical (unpaired) electrons. The average molecular weight is 430 g/mol. The zero-order valence-corrected chi connectivity index (χ0v) is 16.4. The van der Waals surface area contributed by atoms with E-state index in [0.29, 0.717) is 6.42 Å². The topological polar surface area (TPSA) is 37.3 Å². The largest absolute Gasteiger partial charge is 0.481 e. The average Bonchev–Trinajstić information content (AvgIpc) is 2.53. The molecule has 0 aliphatic rings. The zero-order valence-electron chi connectivity index (χ0n) is 14.2. The molecule has 23 heavy (non-hydrogen) atoms. The minimum atomic E-state index is -0.660. The fourth-order valence-electron chi connectivity index (χ4n) is 2.85. The maximum absolute atomic E-state index is 10.4. The monoisotopic (exact) mass is 430 g/mol. The van der Waals surface area contributed by atoms with Crippen LogP contribution in [0, 0.1) is 3.57 Å². The van der Waals surface area contributed by atoms with Gasteiger partial charge in [0.2, 0.25) is 0 Å². The standard InChI is InChI=1S/C20H31IO2/c21-19-16-14-18(15-17-19)12-10-8-6-4-2-1-3-5-7-9-11-13-20(22)23/h14-17H,1-13H2,(H,22,23). The van der Waals surface area contributed by atoms with Gasteiger partial charge in [0.15, 0.2) is 0 Å². The number of aryl methyl sites for hydroxylation is 1. The minimum Gasteiger partial charge on any atom is -0.481 e. The SMILES string of the molecule is O=C(O)CCCCCCCCCCCCCc1ccc(I)cc1. The molecule has 0 spiro atoms. The number of hydrogen-bond acceptors (Lipinski definition) is 1. The Hall–Kier alpha value is -0.580. The van der Waals surface area contributed by atoms with E-state index in [1.54, 1.807) is 0 Å². The normalized spacial score (nSPS) is 10.8. The highest BCUT2D eigenvalue weighted by molar-refractivity contribution is 14.1. The number of carboxylic acid groups (broad SMARTS) is 1. The van der Waals surface area contributed by atoms with Gasteiger partial charge in [-0.15, -0.1) is 0 Å². The highest BCUT2D eigenvalue weighted by Crippen LogP contribution is 2.14. The van der Waals surface area contributed by atoms with Crippen molar-refractivity contribution in [2.24, 2.45) is 0 Å². The van der Waals surface area contributed by atoms with E-state index in [9.17, 15) is 4.79 Å². The zero-order chi connectivity index (χ0) is 16.8. The first-order valence-electron chi connectivity index (χ1n) is 9.15. The van der Waals surface area contributed by atoms with Gasteiger partial charge in [0.05, 0.1) is 0 Å². The summed E-state index contributed by atoms with van der Waals surface area (Å²) in [5.74, 6) is -0.660. The fraction of sp³-hybridized carbons (Fsp3) is 0.650. The summed E-state index contributed by atoms with van der Waals surface area (Å²) in [6, 6.07) is 8.88. The molecule has 1 rings (SSSR count). The van der Waals surface area contributed by atoms with Crippen molar-refractivity contribution in [1.29, 1.82) is 0 Å². The van der Waals surface area contributed by atoms with Crippen molar-refractivity contribution < 1.29 is 9.90 Å². The van der Waals surface area contributed by atoms with Crippen LogP contribution in [0.3, 0.4) is 0 Å². The summed E-state index contributed by atoms with van der Waals surface area (Å²) in [5, 5.41) is 8.55. The van der Waals surface area contributed by atoms with Gasteiger partial charge in [-0.2, -0.15) is 0 Å². The molecule has 0 bridgehead atoms. The first kappa shape index (κ1) is 20.5. The smallest absolute Gasteiger partial charge is 0.303 e. The lowest BCUT2D eigenvalue weighted by Gasteiger charge is -2.03. The van der Waals surface area contributed by atoms with E-state index in [0.717, 1.165) is 12.8 Å². The predicted octanol–water partition coefficient (Wildman–Crippen LogP) is 6.60. The molecule has 3 heteroatoms. The Morgan fingerprint density at radius 1 is 0.739 bits per heavy atom. The highest BCUT2D eigenvalue weighted by Gasteiger charge is 1.97. The molecule has 1 aromatic rings. The molecule has 1 aromatic carbocycles. The van der Waals surface area contributed by atoms with Gasteiger partial charge in [-0.1, -0.05) is 69.9 Å². The van der Waals surface area contributed by atoms with Crippen LogP contribution >= 0.6 is 22.6 Å². The van der Waals surface area contributed by atoms with Crippen molar-refractivity contribution in [1.82, 2.24) is 0 Å². The third-order valence-electron chi connectivity index (χ3n) is 4.27. The molecule has 0 saturated heterocycles. The fourth-order valence-corrected chi connectivity index (χ4v) is 3.21. The molecule has 0 aliphatic heterocycles. The van der Waals surface area contributed by atoms with Crippen LogP contribution in [0.15, 0.2) is 24.3 Å². The molecule has 0 aromatic heterocycles. The molecular formula is C20H31IO2. The Bertz CT molecular complexity index is 414. The van der Waals surface area contributed by atoms with E-state index < -0.39 is 5.97 Å². The van der Waals surface area contributed by atoms with Crippen molar-refractivity contribution in [3.63, 3.8) is 0 Å². The van der Waals surface area contributed by atoms with Crippen LogP contribution in [0.25, 0.3) is 0 Å². The van der Waals surface area contributed by atoms with Gasteiger partial charge in [-0.3, -0.25) is 4.79 Å². The predicted molar refractivity (Wildman–Crippen MR) is 106 cm³/mol. The number of carboxylic acids is 1. The van der Waals surface area contributed by atoms with Gasteiger partial charge >= 0.3 is 5.97 Å². The van der Waals surface area contributed by atoms with E-state index in [1.807, 2.05) is 0 Å². The summed E-state index contributed by atoms with van der Waals surface area (Å²) in [4.78, 5) is 10.4. The summed E-state index contributed by atoms with van der Waals surface area (Å²) in [6.07, 6.45) is 15.3. The molecular weight excluding hydrogens is 399 g/mol. The number of halogens is 1. The van der Waals surface area contributed by atoms with E-state index in [2.05, 4.69) is 46.9 Å². The molecule has 1 N–H and O–H groups in total.